The van der Waals surface area contributed by atoms with Gasteiger partial charge in [0.2, 0.25) is 0 Å². The molecule has 0 atom stereocenters. The van der Waals surface area contributed by atoms with E-state index in [4.69, 9.17) is 4.74 Å². The van der Waals surface area contributed by atoms with Crippen LogP contribution in [-0.2, 0) is 6.54 Å². The summed E-state index contributed by atoms with van der Waals surface area (Å²) >= 11 is 3.36. The van der Waals surface area contributed by atoms with Gasteiger partial charge in [-0.15, -0.1) is 0 Å². The molecule has 2 aromatic rings. The van der Waals surface area contributed by atoms with E-state index < -0.39 is 0 Å². The molecule has 0 saturated heterocycles. The zero-order valence-electron chi connectivity index (χ0n) is 11.4. The maximum absolute atomic E-state index is 11.8. The number of anilines is 1. The van der Waals surface area contributed by atoms with Gasteiger partial charge in [0.15, 0.2) is 0 Å². The summed E-state index contributed by atoms with van der Waals surface area (Å²) in [7, 11) is 3.74. The number of hydrogen-bond acceptors (Lipinski definition) is 4. The second kappa shape index (κ2) is 6.56. The monoisotopic (exact) mass is 337 g/mol. The number of aromatic nitrogens is 2. The third-order valence-corrected chi connectivity index (χ3v) is 3.29. The lowest BCUT2D eigenvalue weighted by Gasteiger charge is -2.12. The van der Waals surface area contributed by atoms with Crippen LogP contribution >= 0.6 is 15.9 Å². The average Bonchev–Trinajstić information content (AvgIpc) is 2.42. The van der Waals surface area contributed by atoms with Gasteiger partial charge < -0.3 is 9.64 Å². The van der Waals surface area contributed by atoms with Crippen LogP contribution in [0.5, 0.6) is 5.75 Å². The molecule has 0 aliphatic heterocycles. The first kappa shape index (κ1) is 14.6. The summed E-state index contributed by atoms with van der Waals surface area (Å²) in [5.41, 5.74) is 0.663. The lowest BCUT2D eigenvalue weighted by molar-refractivity contribution is 0.288. The van der Waals surface area contributed by atoms with Crippen LogP contribution in [0.15, 0.2) is 45.8 Å². The van der Waals surface area contributed by atoms with Gasteiger partial charge >= 0.3 is 0 Å². The maximum atomic E-state index is 11.8. The number of rotatable bonds is 5. The predicted octanol–water partition coefficient (Wildman–Crippen LogP) is 2.15. The van der Waals surface area contributed by atoms with E-state index in [1.54, 1.807) is 12.3 Å². The molecule has 0 unspecified atom stereocenters. The van der Waals surface area contributed by atoms with E-state index in [2.05, 4.69) is 21.0 Å². The van der Waals surface area contributed by atoms with Crippen LogP contribution in [0, 0.1) is 0 Å². The van der Waals surface area contributed by atoms with Crippen molar-refractivity contribution in [1.82, 2.24) is 9.78 Å². The molecule has 0 fully saturated rings. The van der Waals surface area contributed by atoms with Crippen LogP contribution < -0.4 is 15.2 Å². The third-order valence-electron chi connectivity index (χ3n) is 2.76. The molecule has 5 nitrogen and oxygen atoms in total. The smallest absolute Gasteiger partial charge is 0.268 e. The molecule has 0 aliphatic rings. The quantitative estimate of drug-likeness (QED) is 0.838. The summed E-state index contributed by atoms with van der Waals surface area (Å²) in [5, 5.41) is 4.12. The Labute approximate surface area is 125 Å². The number of halogens is 1. The highest BCUT2D eigenvalue weighted by molar-refractivity contribution is 9.10. The maximum Gasteiger partial charge on any atom is 0.268 e. The normalized spacial score (nSPS) is 10.3. The molecule has 1 aromatic heterocycles. The van der Waals surface area contributed by atoms with Gasteiger partial charge in [-0.05, 0) is 24.3 Å². The van der Waals surface area contributed by atoms with Gasteiger partial charge in [0.25, 0.3) is 5.56 Å². The number of nitrogens with zero attached hydrogens (tertiary/aromatic N) is 3. The Bertz CT molecular complexity index is 623. The van der Waals surface area contributed by atoms with E-state index in [1.807, 2.05) is 43.3 Å². The molecule has 1 heterocycles. The summed E-state index contributed by atoms with van der Waals surface area (Å²) in [5.74, 6) is 0.770. The van der Waals surface area contributed by atoms with Crippen LogP contribution in [0.2, 0.25) is 0 Å². The minimum atomic E-state index is -0.129. The van der Waals surface area contributed by atoms with Gasteiger partial charge in [-0.2, -0.15) is 5.10 Å². The van der Waals surface area contributed by atoms with Crippen LogP contribution in [0.1, 0.15) is 0 Å². The Hall–Kier alpha value is -1.82. The molecule has 20 heavy (non-hydrogen) atoms. The molecule has 0 amide bonds. The molecule has 0 spiro atoms. The average molecular weight is 338 g/mol. The van der Waals surface area contributed by atoms with Crippen molar-refractivity contribution >= 4 is 21.6 Å². The summed E-state index contributed by atoms with van der Waals surface area (Å²) in [4.78, 5) is 13.7. The fourth-order valence-electron chi connectivity index (χ4n) is 1.62. The minimum Gasteiger partial charge on any atom is -0.492 e. The van der Waals surface area contributed by atoms with Gasteiger partial charge in [-0.25, -0.2) is 4.68 Å². The lowest BCUT2D eigenvalue weighted by atomic mass is 10.3. The van der Waals surface area contributed by atoms with E-state index in [0.717, 1.165) is 15.9 Å². The van der Waals surface area contributed by atoms with Crippen molar-refractivity contribution < 1.29 is 4.74 Å². The Balaban J connectivity index is 1.94. The molecule has 0 radical (unpaired) electrons. The highest BCUT2D eigenvalue weighted by atomic mass is 79.9. The van der Waals surface area contributed by atoms with Crippen molar-refractivity contribution in [2.75, 3.05) is 25.6 Å². The second-order valence-electron chi connectivity index (χ2n) is 4.47. The topological polar surface area (TPSA) is 47.4 Å². The largest absolute Gasteiger partial charge is 0.492 e. The molecule has 106 valence electrons. The summed E-state index contributed by atoms with van der Waals surface area (Å²) in [6.07, 6.45) is 1.67. The Kier molecular flexibility index (Phi) is 4.79. The predicted molar refractivity (Wildman–Crippen MR) is 82.5 cm³/mol. The van der Waals surface area contributed by atoms with Crippen LogP contribution in [0.4, 0.5) is 5.69 Å². The van der Waals surface area contributed by atoms with Gasteiger partial charge in [0.05, 0.1) is 18.4 Å². The second-order valence-corrected chi connectivity index (χ2v) is 5.39. The van der Waals surface area contributed by atoms with Crippen molar-refractivity contribution in [1.29, 1.82) is 0 Å². The van der Waals surface area contributed by atoms with Crippen LogP contribution in [0.3, 0.4) is 0 Å². The van der Waals surface area contributed by atoms with E-state index in [9.17, 15) is 4.79 Å². The Morgan fingerprint density at radius 3 is 2.60 bits per heavy atom. The standard InChI is InChI=1S/C14H16BrN3O2/c1-17(2)12-9-14(19)18(16-10-12)7-8-20-13-5-3-11(15)4-6-13/h3-6,9-10H,7-8H2,1-2H3. The van der Waals surface area contributed by atoms with Crippen molar-refractivity contribution in [2.24, 2.45) is 0 Å². The first-order valence-corrected chi connectivity index (χ1v) is 6.98. The highest BCUT2D eigenvalue weighted by Gasteiger charge is 2.02. The minimum absolute atomic E-state index is 0.129. The molecular formula is C14H16BrN3O2. The molecule has 0 saturated carbocycles. The number of ether oxygens (including phenoxy) is 1. The van der Waals surface area contributed by atoms with Gasteiger partial charge in [-0.3, -0.25) is 4.79 Å². The SMILES string of the molecule is CN(C)c1cnn(CCOc2ccc(Br)cc2)c(=O)c1. The molecule has 2 rings (SSSR count). The van der Waals surface area contributed by atoms with E-state index in [1.165, 1.54) is 4.68 Å². The summed E-state index contributed by atoms with van der Waals surface area (Å²) in [6, 6.07) is 9.12. The van der Waals surface area contributed by atoms with Gasteiger partial charge in [0.1, 0.15) is 12.4 Å². The lowest BCUT2D eigenvalue weighted by Crippen LogP contribution is -2.26. The zero-order chi connectivity index (χ0) is 14.5. The fourth-order valence-corrected chi connectivity index (χ4v) is 1.88. The molecule has 6 heteroatoms. The van der Waals surface area contributed by atoms with Gasteiger partial charge in [0, 0.05) is 24.6 Å². The van der Waals surface area contributed by atoms with Crippen molar-refractivity contribution in [3.63, 3.8) is 0 Å². The van der Waals surface area contributed by atoms with E-state index >= 15 is 0 Å². The Morgan fingerprint density at radius 2 is 2.00 bits per heavy atom. The number of hydrogen-bond donors (Lipinski definition) is 0. The molecule has 0 bridgehead atoms. The first-order valence-electron chi connectivity index (χ1n) is 6.19. The van der Waals surface area contributed by atoms with Crippen LogP contribution in [-0.4, -0.2) is 30.5 Å². The van der Waals surface area contributed by atoms with Crippen LogP contribution in [0.25, 0.3) is 0 Å². The molecule has 0 aliphatic carbocycles. The molecule has 1 aromatic carbocycles. The first-order chi connectivity index (χ1) is 9.56. The van der Waals surface area contributed by atoms with Crippen molar-refractivity contribution in [3.8, 4) is 5.75 Å². The highest BCUT2D eigenvalue weighted by Crippen LogP contribution is 2.15. The summed E-state index contributed by atoms with van der Waals surface area (Å²) < 4.78 is 7.96. The summed E-state index contributed by atoms with van der Waals surface area (Å²) in [6.45, 7) is 0.818. The number of benzene rings is 1. The molecular weight excluding hydrogens is 322 g/mol. The Morgan fingerprint density at radius 1 is 1.30 bits per heavy atom. The van der Waals surface area contributed by atoms with Gasteiger partial charge in [-0.1, -0.05) is 15.9 Å². The third kappa shape index (κ3) is 3.84. The molecule has 0 N–H and O–H groups in total. The zero-order valence-corrected chi connectivity index (χ0v) is 13.0. The van der Waals surface area contributed by atoms with E-state index in [0.29, 0.717) is 13.2 Å². The van der Waals surface area contributed by atoms with Crippen molar-refractivity contribution in [2.45, 2.75) is 6.54 Å². The van der Waals surface area contributed by atoms with E-state index in [-0.39, 0.29) is 5.56 Å². The fraction of sp³-hybridized carbons (Fsp3) is 0.286. The van der Waals surface area contributed by atoms with Crippen molar-refractivity contribution in [3.05, 3.63) is 51.4 Å².